The number of fused-ring (bicyclic) bond motifs is 1. The highest BCUT2D eigenvalue weighted by Crippen LogP contribution is 2.16. The largest absolute Gasteiger partial charge is 0.459 e. The zero-order valence-corrected chi connectivity index (χ0v) is 12.4. The Hall–Kier alpha value is -2.15. The number of aryl methyl sites for hydroxylation is 1. The van der Waals surface area contributed by atoms with Crippen molar-refractivity contribution in [2.45, 2.75) is 25.9 Å². The molecule has 0 bridgehead atoms. The van der Waals surface area contributed by atoms with E-state index >= 15 is 0 Å². The van der Waals surface area contributed by atoms with Crippen LogP contribution in [0.5, 0.6) is 0 Å². The summed E-state index contributed by atoms with van der Waals surface area (Å²) in [6, 6.07) is 3.46. The van der Waals surface area contributed by atoms with Crippen molar-refractivity contribution in [1.29, 1.82) is 0 Å². The lowest BCUT2D eigenvalue weighted by atomic mass is 10.3. The van der Waals surface area contributed by atoms with Gasteiger partial charge in [0, 0.05) is 39.1 Å². The summed E-state index contributed by atoms with van der Waals surface area (Å²) in [4.78, 5) is 16.4. The predicted octanol–water partition coefficient (Wildman–Crippen LogP) is 0.775. The number of amides is 1. The van der Waals surface area contributed by atoms with E-state index in [4.69, 9.17) is 4.42 Å². The fraction of sp³-hybridized carbons (Fsp3) is 0.533. The summed E-state index contributed by atoms with van der Waals surface area (Å²) >= 11 is 0. The minimum Gasteiger partial charge on any atom is -0.459 e. The van der Waals surface area contributed by atoms with Crippen LogP contribution in [0, 0.1) is 0 Å². The number of carbonyl (C=O) groups is 1. The summed E-state index contributed by atoms with van der Waals surface area (Å²) in [5, 5.41) is 8.55. The number of carbonyl (C=O) groups excluding carboxylic acids is 1. The van der Waals surface area contributed by atoms with Gasteiger partial charge < -0.3 is 13.9 Å². The first kappa shape index (κ1) is 13.5. The van der Waals surface area contributed by atoms with Crippen molar-refractivity contribution < 1.29 is 9.21 Å². The van der Waals surface area contributed by atoms with Gasteiger partial charge in [-0.2, -0.15) is 0 Å². The molecule has 0 spiro atoms. The average Bonchev–Trinajstić information content (AvgIpc) is 3.27. The Labute approximate surface area is 128 Å². The lowest BCUT2D eigenvalue weighted by Crippen LogP contribution is -2.48. The van der Waals surface area contributed by atoms with E-state index in [2.05, 4.69) is 19.7 Å². The molecule has 2 aliphatic rings. The number of furan rings is 1. The van der Waals surface area contributed by atoms with Gasteiger partial charge in [-0.15, -0.1) is 10.2 Å². The number of hydrogen-bond donors (Lipinski definition) is 0. The van der Waals surface area contributed by atoms with Gasteiger partial charge >= 0.3 is 0 Å². The first-order valence-corrected chi connectivity index (χ1v) is 7.77. The highest BCUT2D eigenvalue weighted by molar-refractivity contribution is 5.91. The number of rotatable bonds is 3. The van der Waals surface area contributed by atoms with E-state index in [1.807, 2.05) is 4.90 Å². The molecule has 0 saturated carbocycles. The number of nitrogens with zero attached hydrogens (tertiary/aromatic N) is 5. The van der Waals surface area contributed by atoms with E-state index in [0.717, 1.165) is 57.3 Å². The molecule has 0 aromatic carbocycles. The molecule has 4 heterocycles. The lowest BCUT2D eigenvalue weighted by Gasteiger charge is -2.33. The third-order valence-electron chi connectivity index (χ3n) is 4.44. The van der Waals surface area contributed by atoms with Gasteiger partial charge in [0.05, 0.1) is 12.8 Å². The van der Waals surface area contributed by atoms with Crippen LogP contribution in [-0.2, 0) is 19.5 Å². The van der Waals surface area contributed by atoms with Gasteiger partial charge in [-0.1, -0.05) is 0 Å². The van der Waals surface area contributed by atoms with Crippen molar-refractivity contribution in [3.05, 3.63) is 35.8 Å². The Kier molecular flexibility index (Phi) is 3.42. The van der Waals surface area contributed by atoms with Crippen LogP contribution < -0.4 is 0 Å². The standard InChI is InChI=1S/C15H19N5O2/c21-15(12-3-2-10-22-12)19-8-6-18(7-9-19)11-14-17-16-13-4-1-5-20(13)14/h2-3,10H,1,4-9,11H2. The van der Waals surface area contributed by atoms with Crippen molar-refractivity contribution in [2.75, 3.05) is 26.2 Å². The van der Waals surface area contributed by atoms with Gasteiger partial charge in [0.2, 0.25) is 0 Å². The predicted molar refractivity (Wildman–Crippen MR) is 78.2 cm³/mol. The molecular weight excluding hydrogens is 282 g/mol. The second-order valence-corrected chi connectivity index (χ2v) is 5.83. The second-order valence-electron chi connectivity index (χ2n) is 5.83. The molecule has 0 unspecified atom stereocenters. The second kappa shape index (κ2) is 5.57. The van der Waals surface area contributed by atoms with Crippen LogP contribution in [0.4, 0.5) is 0 Å². The van der Waals surface area contributed by atoms with E-state index in [-0.39, 0.29) is 5.91 Å². The highest BCUT2D eigenvalue weighted by atomic mass is 16.3. The van der Waals surface area contributed by atoms with Crippen LogP contribution in [0.1, 0.15) is 28.6 Å². The molecule has 4 rings (SSSR count). The van der Waals surface area contributed by atoms with Crippen molar-refractivity contribution in [3.8, 4) is 0 Å². The Balaban J connectivity index is 1.35. The minimum atomic E-state index is -0.0204. The van der Waals surface area contributed by atoms with Crippen LogP contribution in [0.15, 0.2) is 22.8 Å². The first-order chi connectivity index (χ1) is 10.8. The minimum absolute atomic E-state index is 0.0204. The molecule has 7 nitrogen and oxygen atoms in total. The maximum atomic E-state index is 12.2. The van der Waals surface area contributed by atoms with Gasteiger partial charge in [-0.05, 0) is 18.6 Å². The smallest absolute Gasteiger partial charge is 0.289 e. The summed E-state index contributed by atoms with van der Waals surface area (Å²) in [7, 11) is 0. The van der Waals surface area contributed by atoms with Crippen LogP contribution in [-0.4, -0.2) is 56.7 Å². The van der Waals surface area contributed by atoms with Gasteiger partial charge in [0.25, 0.3) is 5.91 Å². The maximum absolute atomic E-state index is 12.2. The third kappa shape index (κ3) is 2.41. The molecule has 1 amide bonds. The van der Waals surface area contributed by atoms with Crippen LogP contribution >= 0.6 is 0 Å². The summed E-state index contributed by atoms with van der Waals surface area (Å²) in [6.45, 7) is 5.01. The molecule has 116 valence electrons. The molecule has 2 aromatic rings. The molecule has 2 aromatic heterocycles. The van der Waals surface area contributed by atoms with Gasteiger partial charge in [0.1, 0.15) is 11.6 Å². The number of piperazine rings is 1. The van der Waals surface area contributed by atoms with Crippen molar-refractivity contribution in [2.24, 2.45) is 0 Å². The fourth-order valence-electron chi connectivity index (χ4n) is 3.19. The summed E-state index contributed by atoms with van der Waals surface area (Å²) in [5.74, 6) is 2.57. The van der Waals surface area contributed by atoms with Gasteiger partial charge in [-0.25, -0.2) is 0 Å². The molecule has 22 heavy (non-hydrogen) atoms. The third-order valence-corrected chi connectivity index (χ3v) is 4.44. The van der Waals surface area contributed by atoms with Crippen LogP contribution in [0.25, 0.3) is 0 Å². The van der Waals surface area contributed by atoms with Crippen LogP contribution in [0.3, 0.4) is 0 Å². The zero-order valence-electron chi connectivity index (χ0n) is 12.4. The summed E-state index contributed by atoms with van der Waals surface area (Å²) in [6.07, 6.45) is 3.75. The normalized spacial score (nSPS) is 18.6. The summed E-state index contributed by atoms with van der Waals surface area (Å²) < 4.78 is 7.42. The quantitative estimate of drug-likeness (QED) is 0.838. The van der Waals surface area contributed by atoms with Gasteiger partial charge in [-0.3, -0.25) is 9.69 Å². The van der Waals surface area contributed by atoms with E-state index in [9.17, 15) is 4.79 Å². The molecule has 2 aliphatic heterocycles. The van der Waals surface area contributed by atoms with E-state index in [1.54, 1.807) is 12.1 Å². The van der Waals surface area contributed by atoms with E-state index < -0.39 is 0 Å². The van der Waals surface area contributed by atoms with E-state index in [1.165, 1.54) is 12.7 Å². The van der Waals surface area contributed by atoms with Crippen molar-refractivity contribution in [1.82, 2.24) is 24.6 Å². The number of hydrogen-bond acceptors (Lipinski definition) is 5. The van der Waals surface area contributed by atoms with Crippen LogP contribution in [0.2, 0.25) is 0 Å². The molecule has 0 aliphatic carbocycles. The molecule has 0 atom stereocenters. The zero-order chi connectivity index (χ0) is 14.9. The molecule has 1 saturated heterocycles. The molecule has 1 fully saturated rings. The molecular formula is C15H19N5O2. The maximum Gasteiger partial charge on any atom is 0.289 e. The fourth-order valence-corrected chi connectivity index (χ4v) is 3.19. The monoisotopic (exact) mass is 301 g/mol. The SMILES string of the molecule is O=C(c1ccco1)N1CCN(Cc2nnc3n2CCC3)CC1. The Morgan fingerprint density at radius 2 is 2.05 bits per heavy atom. The molecule has 0 N–H and O–H groups in total. The van der Waals surface area contributed by atoms with Crippen molar-refractivity contribution in [3.63, 3.8) is 0 Å². The Morgan fingerprint density at radius 3 is 2.82 bits per heavy atom. The Bertz CT molecular complexity index is 656. The highest BCUT2D eigenvalue weighted by Gasteiger charge is 2.25. The molecule has 7 heteroatoms. The first-order valence-electron chi connectivity index (χ1n) is 7.77. The van der Waals surface area contributed by atoms with E-state index in [0.29, 0.717) is 5.76 Å². The topological polar surface area (TPSA) is 67.4 Å². The number of aromatic nitrogens is 3. The Morgan fingerprint density at radius 1 is 1.18 bits per heavy atom. The summed E-state index contributed by atoms with van der Waals surface area (Å²) in [5.41, 5.74) is 0. The lowest BCUT2D eigenvalue weighted by molar-refractivity contribution is 0.0593. The van der Waals surface area contributed by atoms with Crippen molar-refractivity contribution >= 4 is 5.91 Å². The van der Waals surface area contributed by atoms with Gasteiger partial charge in [0.15, 0.2) is 5.76 Å². The average molecular weight is 301 g/mol. The molecule has 0 radical (unpaired) electrons.